The van der Waals surface area contributed by atoms with E-state index in [4.69, 9.17) is 0 Å². The second kappa shape index (κ2) is 6.27. The van der Waals surface area contributed by atoms with Crippen molar-refractivity contribution in [2.75, 3.05) is 31.1 Å². The van der Waals surface area contributed by atoms with Crippen LogP contribution in [0, 0.1) is 5.92 Å². The highest BCUT2D eigenvalue weighted by atomic mass is 32.2. The highest BCUT2D eigenvalue weighted by molar-refractivity contribution is 7.99. The summed E-state index contributed by atoms with van der Waals surface area (Å²) in [6.45, 7) is 8.62. The molecule has 2 saturated heterocycles. The Balaban J connectivity index is 1.71. The minimum Gasteiger partial charge on any atom is -0.312 e. The van der Waals surface area contributed by atoms with E-state index in [0.717, 1.165) is 18.0 Å². The Morgan fingerprint density at radius 3 is 2.94 bits per heavy atom. The fraction of sp³-hybridized carbons (Fsp3) is 1.00. The van der Waals surface area contributed by atoms with Crippen molar-refractivity contribution in [3.8, 4) is 0 Å². The summed E-state index contributed by atoms with van der Waals surface area (Å²) in [5.41, 5.74) is 0. The number of piperidine rings is 1. The summed E-state index contributed by atoms with van der Waals surface area (Å²) in [6, 6.07) is 1.58. The molecule has 2 heterocycles. The maximum Gasteiger partial charge on any atom is 0.0170 e. The van der Waals surface area contributed by atoms with E-state index in [1.165, 1.54) is 50.4 Å². The molecule has 0 bridgehead atoms. The average molecular weight is 242 g/mol. The Morgan fingerprint density at radius 1 is 1.31 bits per heavy atom. The lowest BCUT2D eigenvalue weighted by Gasteiger charge is -2.37. The van der Waals surface area contributed by atoms with Crippen molar-refractivity contribution in [2.45, 2.75) is 45.2 Å². The highest BCUT2D eigenvalue weighted by Gasteiger charge is 2.23. The summed E-state index contributed by atoms with van der Waals surface area (Å²) in [5.74, 6) is 3.52. The molecule has 0 saturated carbocycles. The predicted molar refractivity (Wildman–Crippen MR) is 73.2 cm³/mol. The van der Waals surface area contributed by atoms with Crippen molar-refractivity contribution < 1.29 is 0 Å². The molecule has 94 valence electrons. The highest BCUT2D eigenvalue weighted by Crippen LogP contribution is 2.22. The molecule has 2 aliphatic heterocycles. The van der Waals surface area contributed by atoms with Crippen molar-refractivity contribution in [3.05, 3.63) is 0 Å². The number of nitrogens with zero attached hydrogens (tertiary/aromatic N) is 1. The zero-order valence-corrected chi connectivity index (χ0v) is 11.6. The lowest BCUT2D eigenvalue weighted by Crippen LogP contribution is -2.45. The fourth-order valence-corrected chi connectivity index (χ4v) is 3.82. The summed E-state index contributed by atoms with van der Waals surface area (Å²) in [4.78, 5) is 2.70. The van der Waals surface area contributed by atoms with Gasteiger partial charge < -0.3 is 10.2 Å². The van der Waals surface area contributed by atoms with Gasteiger partial charge in [0.25, 0.3) is 0 Å². The van der Waals surface area contributed by atoms with Gasteiger partial charge in [-0.2, -0.15) is 11.8 Å². The molecule has 0 aromatic heterocycles. The average Bonchev–Trinajstić information content (AvgIpc) is 2.32. The third-order valence-electron chi connectivity index (χ3n) is 4.01. The zero-order chi connectivity index (χ0) is 11.4. The van der Waals surface area contributed by atoms with Gasteiger partial charge in [0.15, 0.2) is 0 Å². The van der Waals surface area contributed by atoms with Gasteiger partial charge >= 0.3 is 0 Å². The SMILES string of the molecule is CC1CCC(C)N(CCC2CSCCN2)C1. The second-order valence-corrected chi connectivity index (χ2v) is 6.69. The van der Waals surface area contributed by atoms with Crippen LogP contribution in [0.25, 0.3) is 0 Å². The first-order valence-electron chi connectivity index (χ1n) is 6.81. The van der Waals surface area contributed by atoms with Crippen LogP contribution < -0.4 is 5.32 Å². The molecule has 2 rings (SSSR count). The second-order valence-electron chi connectivity index (χ2n) is 5.54. The lowest BCUT2D eigenvalue weighted by atomic mass is 9.95. The molecular formula is C13H26N2S. The van der Waals surface area contributed by atoms with E-state index in [2.05, 4.69) is 35.8 Å². The molecule has 0 aliphatic carbocycles. The molecule has 0 aromatic rings. The van der Waals surface area contributed by atoms with E-state index < -0.39 is 0 Å². The molecule has 2 aliphatic rings. The van der Waals surface area contributed by atoms with Gasteiger partial charge in [-0.25, -0.2) is 0 Å². The van der Waals surface area contributed by atoms with E-state index in [9.17, 15) is 0 Å². The van der Waals surface area contributed by atoms with E-state index in [-0.39, 0.29) is 0 Å². The van der Waals surface area contributed by atoms with Gasteiger partial charge in [0, 0.05) is 36.7 Å². The Bertz CT molecular complexity index is 204. The smallest absolute Gasteiger partial charge is 0.0170 e. The van der Waals surface area contributed by atoms with Crippen LogP contribution in [-0.4, -0.2) is 48.1 Å². The fourth-order valence-electron chi connectivity index (χ4n) is 2.82. The monoisotopic (exact) mass is 242 g/mol. The Kier molecular flexibility index (Phi) is 4.98. The molecule has 3 heteroatoms. The Labute approximate surface area is 105 Å². The minimum atomic E-state index is 0.767. The molecular weight excluding hydrogens is 216 g/mol. The summed E-state index contributed by atoms with van der Waals surface area (Å²) in [7, 11) is 0. The molecule has 1 N–H and O–H groups in total. The molecule has 16 heavy (non-hydrogen) atoms. The van der Waals surface area contributed by atoms with E-state index in [1.807, 2.05) is 0 Å². The first-order valence-corrected chi connectivity index (χ1v) is 7.96. The number of thioether (sulfide) groups is 1. The predicted octanol–water partition coefficient (Wildman–Crippen LogP) is 2.20. The van der Waals surface area contributed by atoms with Crippen LogP contribution in [0.2, 0.25) is 0 Å². The molecule has 3 unspecified atom stereocenters. The van der Waals surface area contributed by atoms with Gasteiger partial charge in [-0.3, -0.25) is 0 Å². The van der Waals surface area contributed by atoms with E-state index >= 15 is 0 Å². The topological polar surface area (TPSA) is 15.3 Å². The summed E-state index contributed by atoms with van der Waals surface area (Å²) in [6.07, 6.45) is 4.16. The van der Waals surface area contributed by atoms with Gasteiger partial charge in [-0.15, -0.1) is 0 Å². The number of likely N-dealkylation sites (tertiary alicyclic amines) is 1. The van der Waals surface area contributed by atoms with Gasteiger partial charge in [-0.05, 0) is 38.6 Å². The number of hydrogen-bond donors (Lipinski definition) is 1. The number of rotatable bonds is 3. The van der Waals surface area contributed by atoms with Crippen molar-refractivity contribution >= 4 is 11.8 Å². The number of hydrogen-bond acceptors (Lipinski definition) is 3. The zero-order valence-electron chi connectivity index (χ0n) is 10.7. The summed E-state index contributed by atoms with van der Waals surface area (Å²) in [5, 5.41) is 3.64. The maximum atomic E-state index is 3.64. The normalized spacial score (nSPS) is 37.5. The summed E-state index contributed by atoms with van der Waals surface area (Å²) < 4.78 is 0. The van der Waals surface area contributed by atoms with Crippen LogP contribution >= 0.6 is 11.8 Å². The standard InChI is InChI=1S/C13H26N2S/c1-11-3-4-12(2)15(9-11)7-5-13-10-16-8-6-14-13/h11-14H,3-10H2,1-2H3. The van der Waals surface area contributed by atoms with Crippen molar-refractivity contribution in [3.63, 3.8) is 0 Å². The molecule has 0 amide bonds. The third-order valence-corrected chi connectivity index (χ3v) is 5.14. The molecule has 0 radical (unpaired) electrons. The van der Waals surface area contributed by atoms with Crippen molar-refractivity contribution in [1.82, 2.24) is 10.2 Å². The summed E-state index contributed by atoms with van der Waals surface area (Å²) >= 11 is 2.11. The van der Waals surface area contributed by atoms with Crippen LogP contribution in [-0.2, 0) is 0 Å². The van der Waals surface area contributed by atoms with E-state index in [1.54, 1.807) is 0 Å². The van der Waals surface area contributed by atoms with Crippen LogP contribution in [0.3, 0.4) is 0 Å². The van der Waals surface area contributed by atoms with Crippen LogP contribution in [0.4, 0.5) is 0 Å². The first-order chi connectivity index (χ1) is 7.75. The lowest BCUT2D eigenvalue weighted by molar-refractivity contribution is 0.120. The molecule has 2 fully saturated rings. The van der Waals surface area contributed by atoms with Crippen LogP contribution in [0.1, 0.15) is 33.1 Å². The number of nitrogens with one attached hydrogen (secondary N) is 1. The minimum absolute atomic E-state index is 0.767. The van der Waals surface area contributed by atoms with Crippen LogP contribution in [0.5, 0.6) is 0 Å². The molecule has 2 nitrogen and oxygen atoms in total. The van der Waals surface area contributed by atoms with Gasteiger partial charge in [0.05, 0.1) is 0 Å². The van der Waals surface area contributed by atoms with Crippen molar-refractivity contribution in [1.29, 1.82) is 0 Å². The van der Waals surface area contributed by atoms with Crippen molar-refractivity contribution in [2.24, 2.45) is 5.92 Å². The first kappa shape index (κ1) is 12.7. The third kappa shape index (κ3) is 3.64. The molecule has 3 atom stereocenters. The van der Waals surface area contributed by atoms with Gasteiger partial charge in [0.1, 0.15) is 0 Å². The largest absolute Gasteiger partial charge is 0.312 e. The van der Waals surface area contributed by atoms with E-state index in [0.29, 0.717) is 0 Å². The van der Waals surface area contributed by atoms with Gasteiger partial charge in [-0.1, -0.05) is 6.92 Å². The Hall–Kier alpha value is 0.270. The molecule has 0 spiro atoms. The van der Waals surface area contributed by atoms with Crippen LogP contribution in [0.15, 0.2) is 0 Å². The maximum absolute atomic E-state index is 3.64. The quantitative estimate of drug-likeness (QED) is 0.817. The van der Waals surface area contributed by atoms with Gasteiger partial charge in [0.2, 0.25) is 0 Å². The molecule has 0 aromatic carbocycles. The Morgan fingerprint density at radius 2 is 2.19 bits per heavy atom.